The maximum Gasteiger partial charge on any atom is 0.326 e. The summed E-state index contributed by atoms with van der Waals surface area (Å²) < 4.78 is 0. The number of primary amides is 2. The van der Waals surface area contributed by atoms with Gasteiger partial charge in [-0.05, 0) is 155 Å². The number of carboxylic acid groups (broad SMARTS) is 2. The zero-order valence-corrected chi connectivity index (χ0v) is 73.2. The molecule has 0 bridgehead atoms. The van der Waals surface area contributed by atoms with Crippen LogP contribution in [0.4, 0.5) is 0 Å². The fourth-order valence-electron chi connectivity index (χ4n) is 14.1. The molecule has 0 unspecified atom stereocenters. The van der Waals surface area contributed by atoms with Crippen LogP contribution in [0.15, 0.2) is 54.6 Å². The first-order valence-corrected chi connectivity index (χ1v) is 43.3. The molecule has 2 saturated heterocycles. The minimum absolute atomic E-state index is 0.000787. The molecule has 2 aromatic carbocycles. The number of rotatable bonds is 53. The van der Waals surface area contributed by atoms with Crippen LogP contribution in [-0.2, 0) is 99.1 Å². The van der Waals surface area contributed by atoms with Crippen LogP contribution in [0.3, 0.4) is 0 Å². The second-order valence-corrected chi connectivity index (χ2v) is 34.3. The van der Waals surface area contributed by atoms with Crippen molar-refractivity contribution in [2.24, 2.45) is 52.5 Å². The SMILES string of the molecule is CSCC[C@H](N)C(=O)N[C@@H](CC(=O)O)C(=O)N[C@H](C(=O)N[C@@H](CC(N)=O)C(=O)N1CCC[C@H]1C(=O)N[C@@H](Cc1ccc(O)cc1)C(=O)N[C@@H](CC(C)C)C(=O)N[C@@H](CC(C)C)C(=O)N[C@@H](Cc1ccccc1)C(=O)N[C@@H](CC(C)C)C(=O)N[C@@H](CCCCN)C(=O)N[C@H](C(=O)N1CCC[C@H]1C(=O)N[C@@H](C)C(=O)N[C@@H](CCC(N)=O)C(=O)O)C(C)C)C(C)C. The third kappa shape index (κ3) is 35.4. The number of carbonyl (C=O) groups excluding carboxylic acids is 16. The Bertz CT molecular complexity index is 3970. The summed E-state index contributed by atoms with van der Waals surface area (Å²) in [5.41, 5.74) is 23.6. The Hall–Kier alpha value is -11.0. The van der Waals surface area contributed by atoms with Crippen molar-refractivity contribution in [1.82, 2.24) is 73.6 Å². The number of carbonyl (C=O) groups is 18. The number of nitrogens with zero attached hydrogens (tertiary/aromatic N) is 2. The minimum atomic E-state index is -1.75. The molecule has 2 aliphatic heterocycles. The number of nitrogens with one attached hydrogen (secondary N) is 12. The zero-order chi connectivity index (χ0) is 92.2. The summed E-state index contributed by atoms with van der Waals surface area (Å²) in [5.74, 6) is -18.7. The lowest BCUT2D eigenvalue weighted by Crippen LogP contribution is -2.62. The van der Waals surface area contributed by atoms with E-state index >= 15 is 9.59 Å². The first kappa shape index (κ1) is 104. The molecule has 39 nitrogen and oxygen atoms in total. The topological polar surface area (TPSA) is 623 Å². The number of carboxylic acids is 2. The maximum absolute atomic E-state index is 15.0. The molecule has 23 N–H and O–H groups in total. The average molecular weight is 1750 g/mol. The highest BCUT2D eigenvalue weighted by atomic mass is 32.2. The van der Waals surface area contributed by atoms with Gasteiger partial charge in [-0.2, -0.15) is 11.8 Å². The van der Waals surface area contributed by atoms with Gasteiger partial charge in [0.2, 0.25) is 94.5 Å². The van der Waals surface area contributed by atoms with E-state index in [-0.39, 0.29) is 120 Å². The number of thioether (sulfide) groups is 1. The molecule has 0 aromatic heterocycles. The highest BCUT2D eigenvalue weighted by Crippen LogP contribution is 2.25. The molecule has 2 heterocycles. The fourth-order valence-corrected chi connectivity index (χ4v) is 14.6. The molecule has 0 spiro atoms. The molecule has 15 atom stereocenters. The lowest BCUT2D eigenvalue weighted by molar-refractivity contribution is -0.144. The van der Waals surface area contributed by atoms with Gasteiger partial charge >= 0.3 is 11.9 Å². The average Bonchev–Trinajstić information content (AvgIpc) is 1.74. The summed E-state index contributed by atoms with van der Waals surface area (Å²) in [4.78, 5) is 251. The van der Waals surface area contributed by atoms with Crippen LogP contribution < -0.4 is 86.7 Å². The lowest BCUT2D eigenvalue weighted by atomic mass is 9.98. The minimum Gasteiger partial charge on any atom is -0.508 e. The highest BCUT2D eigenvalue weighted by molar-refractivity contribution is 7.98. The van der Waals surface area contributed by atoms with Crippen LogP contribution >= 0.6 is 11.8 Å². The number of aliphatic carboxylic acids is 2. The second kappa shape index (κ2) is 51.8. The predicted octanol–water partition coefficient (Wildman–Crippen LogP) is -1.64. The van der Waals surface area contributed by atoms with Gasteiger partial charge in [-0.3, -0.25) is 81.5 Å². The smallest absolute Gasteiger partial charge is 0.326 e. The molecule has 684 valence electrons. The van der Waals surface area contributed by atoms with E-state index in [0.717, 1.165) is 4.90 Å². The summed E-state index contributed by atoms with van der Waals surface area (Å²) in [7, 11) is 0. The Morgan fingerprint density at radius 3 is 1.32 bits per heavy atom. The monoisotopic (exact) mass is 1750 g/mol. The summed E-state index contributed by atoms with van der Waals surface area (Å²) in [5, 5.41) is 61.1. The third-order valence-corrected chi connectivity index (χ3v) is 21.4. The first-order chi connectivity index (χ1) is 57.9. The number of phenols is 1. The van der Waals surface area contributed by atoms with E-state index in [4.69, 9.17) is 22.9 Å². The molecule has 0 saturated carbocycles. The summed E-state index contributed by atoms with van der Waals surface area (Å²) in [6, 6.07) is -6.86. The summed E-state index contributed by atoms with van der Waals surface area (Å²) >= 11 is 1.41. The quantitative estimate of drug-likeness (QED) is 0.0330. The molecule has 0 radical (unpaired) electrons. The molecule has 2 aromatic rings. The normalized spacial score (nSPS) is 17.0. The number of aromatic hydroxyl groups is 1. The number of benzene rings is 2. The van der Waals surface area contributed by atoms with Crippen molar-refractivity contribution in [3.05, 3.63) is 65.7 Å². The Labute approximate surface area is 721 Å². The van der Waals surface area contributed by atoms with Crippen molar-refractivity contribution in [1.29, 1.82) is 0 Å². The highest BCUT2D eigenvalue weighted by Gasteiger charge is 2.45. The Morgan fingerprint density at radius 1 is 0.431 bits per heavy atom. The molecule has 4 rings (SSSR count). The molecule has 40 heteroatoms. The van der Waals surface area contributed by atoms with Crippen LogP contribution in [0.25, 0.3) is 0 Å². The van der Waals surface area contributed by atoms with E-state index in [1.54, 1.807) is 92.0 Å². The van der Waals surface area contributed by atoms with Crippen molar-refractivity contribution in [2.45, 2.75) is 276 Å². The van der Waals surface area contributed by atoms with Gasteiger partial charge in [0.15, 0.2) is 0 Å². The van der Waals surface area contributed by atoms with E-state index in [2.05, 4.69) is 63.8 Å². The number of hydrogen-bond acceptors (Lipinski definition) is 22. The third-order valence-electron chi connectivity index (χ3n) is 20.7. The van der Waals surface area contributed by atoms with E-state index in [1.807, 2.05) is 0 Å². The number of unbranched alkanes of at least 4 members (excludes halogenated alkanes) is 1. The van der Waals surface area contributed by atoms with Gasteiger partial charge in [0, 0.05) is 32.4 Å². The summed E-state index contributed by atoms with van der Waals surface area (Å²) in [6.45, 7) is 18.5. The van der Waals surface area contributed by atoms with Crippen LogP contribution in [-0.4, -0.2) is 254 Å². The first-order valence-electron chi connectivity index (χ1n) is 41.9. The number of hydrogen-bond donors (Lipinski definition) is 19. The van der Waals surface area contributed by atoms with Gasteiger partial charge in [0.25, 0.3) is 0 Å². The number of likely N-dealkylation sites (tertiary alicyclic amines) is 2. The molecule has 2 fully saturated rings. The van der Waals surface area contributed by atoms with Crippen LogP contribution in [0.2, 0.25) is 0 Å². The van der Waals surface area contributed by atoms with Crippen molar-refractivity contribution in [2.75, 3.05) is 31.6 Å². The summed E-state index contributed by atoms with van der Waals surface area (Å²) in [6.07, 6.45) is 0.634. The van der Waals surface area contributed by atoms with Gasteiger partial charge in [0.05, 0.1) is 18.9 Å². The lowest BCUT2D eigenvalue weighted by Gasteiger charge is -2.32. The second-order valence-electron chi connectivity index (χ2n) is 33.4. The molecule has 0 aliphatic carbocycles. The number of amides is 16. The van der Waals surface area contributed by atoms with Crippen molar-refractivity contribution in [3.8, 4) is 5.75 Å². The van der Waals surface area contributed by atoms with E-state index < -0.39 is 222 Å². The van der Waals surface area contributed by atoms with Crippen LogP contribution in [0.1, 0.15) is 184 Å². The van der Waals surface area contributed by atoms with E-state index in [9.17, 15) is 92.0 Å². The van der Waals surface area contributed by atoms with Crippen molar-refractivity contribution < 1.29 is 102 Å². The molecule has 2 aliphatic rings. The Morgan fingerprint density at radius 2 is 0.854 bits per heavy atom. The molecular weight excluding hydrogens is 1620 g/mol. The van der Waals surface area contributed by atoms with Crippen molar-refractivity contribution in [3.63, 3.8) is 0 Å². The largest absolute Gasteiger partial charge is 0.508 e. The maximum atomic E-state index is 15.0. The molecule has 16 amide bonds. The van der Waals surface area contributed by atoms with Gasteiger partial charge in [-0.25, -0.2) is 4.79 Å². The van der Waals surface area contributed by atoms with Crippen molar-refractivity contribution >= 4 is 118 Å². The van der Waals surface area contributed by atoms with Gasteiger partial charge < -0.3 is 112 Å². The molecule has 123 heavy (non-hydrogen) atoms. The number of phenolic OH excluding ortho intramolecular Hbond substituents is 1. The van der Waals surface area contributed by atoms with Crippen LogP contribution in [0, 0.1) is 29.6 Å². The number of nitrogens with two attached hydrogens (primary N) is 4. The fraction of sp³-hybridized carbons (Fsp3) is 0.639. The van der Waals surface area contributed by atoms with Gasteiger partial charge in [0.1, 0.15) is 90.3 Å². The predicted molar refractivity (Wildman–Crippen MR) is 454 cm³/mol. The zero-order valence-electron chi connectivity index (χ0n) is 72.4. The van der Waals surface area contributed by atoms with E-state index in [1.165, 1.54) is 61.7 Å². The van der Waals surface area contributed by atoms with E-state index in [0.29, 0.717) is 36.1 Å². The Kier molecular flexibility index (Phi) is 43.9. The Balaban J connectivity index is 1.61. The van der Waals surface area contributed by atoms with Gasteiger partial charge in [-0.1, -0.05) is 112 Å². The van der Waals surface area contributed by atoms with Gasteiger partial charge in [-0.15, -0.1) is 0 Å². The van der Waals surface area contributed by atoms with Crippen LogP contribution in [0.5, 0.6) is 5.75 Å². The standard InChI is InChI=1S/C83H130N18O21S/c1-43(2)36-55(72(110)89-53(22-16-17-32-84)71(109)99-68(47(9)10)82(120)101-34-19-23-62(101)78(116)88-48(11)69(107)90-54(83(121)122)29-30-64(86)103)93-75(113)58(39-49-20-14-13-15-21-49)95-74(112)57(38-45(5)6)92-73(111)56(37-44(3)4)94-76(114)59(40-50-25-27-51(102)28-26-50)96-79(117)63-24-18-33-100(63)81(119)61(41-65(87)104)97-80(118)67(46(7)8)98-77(115)60(42-66(105)106)91-70(108)52(85)31-35-123-12/h13-15,20-21,25-28,43-48,52-63,67-68,102H,16-19,22-24,29-42,84-85H2,1-12H3,(H2,86,103)(H2,87,104)(H,88,116)(H,89,110)(H,90,107)(H,91,108)(H,92,111)(H,93,113)(H,94,114)(H,95,112)(H,96,117)(H,97,118)(H,98,115)(H,99,109)(H,105,106)(H,121,122)/t48-,52-,53-,54-,55-,56-,57-,58-,59-,60-,61-,62-,63-,67-,68-/m0/s1. The molecular formula is C83H130N18O21S.